The third-order valence-electron chi connectivity index (χ3n) is 3.76. The topological polar surface area (TPSA) is 90.8 Å². The van der Waals surface area contributed by atoms with Crippen LogP contribution in [0.5, 0.6) is 5.75 Å². The van der Waals surface area contributed by atoms with E-state index in [0.717, 1.165) is 5.56 Å². The summed E-state index contributed by atoms with van der Waals surface area (Å²) < 4.78 is 0. The normalized spacial score (nSPS) is 11.1. The molecule has 0 bridgehead atoms. The van der Waals surface area contributed by atoms with Gasteiger partial charge < -0.3 is 10.4 Å². The minimum atomic E-state index is -0.505. The zero-order chi connectivity index (χ0) is 19.2. The van der Waals surface area contributed by atoms with E-state index in [2.05, 4.69) is 15.8 Å². The number of para-hydroxylation sites is 1. The number of hydrogen-bond acceptors (Lipinski definition) is 5. The number of phenols is 1. The molecule has 0 aliphatic carbocycles. The summed E-state index contributed by atoms with van der Waals surface area (Å²) in [5.74, 6) is -0.791. The second-order valence-electron chi connectivity index (χ2n) is 5.67. The van der Waals surface area contributed by atoms with Crippen LogP contribution in [0.3, 0.4) is 0 Å². The van der Waals surface area contributed by atoms with Crippen molar-refractivity contribution < 1.29 is 14.7 Å². The van der Waals surface area contributed by atoms with E-state index in [1.165, 1.54) is 23.5 Å². The van der Waals surface area contributed by atoms with Gasteiger partial charge in [0.05, 0.1) is 16.2 Å². The molecule has 2 aromatic carbocycles. The second kappa shape index (κ2) is 8.29. The maximum Gasteiger partial charge on any atom is 0.275 e. The minimum Gasteiger partial charge on any atom is -0.507 e. The van der Waals surface area contributed by atoms with E-state index in [4.69, 9.17) is 0 Å². The fourth-order valence-electron chi connectivity index (χ4n) is 2.35. The number of carbonyl (C=O) groups excluding carboxylic acids is 2. The molecule has 0 aliphatic rings. The molecule has 1 aromatic heterocycles. The van der Waals surface area contributed by atoms with Crippen molar-refractivity contribution in [3.05, 3.63) is 82.0 Å². The van der Waals surface area contributed by atoms with Crippen molar-refractivity contribution in [3.8, 4) is 5.75 Å². The molecular formula is C20H17N3O3S. The minimum absolute atomic E-state index is 0.110. The molecule has 3 N–H and O–H groups in total. The molecule has 3 rings (SSSR count). The Morgan fingerprint density at radius 2 is 1.81 bits per heavy atom. The van der Waals surface area contributed by atoms with Gasteiger partial charge in [0.2, 0.25) is 0 Å². The number of hydrazone groups is 1. The molecule has 0 saturated heterocycles. The number of hydrogen-bond donors (Lipinski definition) is 3. The van der Waals surface area contributed by atoms with Crippen molar-refractivity contribution >= 4 is 34.6 Å². The lowest BCUT2D eigenvalue weighted by molar-refractivity contribution is 0.0951. The van der Waals surface area contributed by atoms with Gasteiger partial charge in [0.15, 0.2) is 0 Å². The number of thiophene rings is 1. The van der Waals surface area contributed by atoms with Gasteiger partial charge >= 0.3 is 0 Å². The van der Waals surface area contributed by atoms with Gasteiger partial charge in [0.1, 0.15) is 5.75 Å². The summed E-state index contributed by atoms with van der Waals surface area (Å²) in [7, 11) is 0. The van der Waals surface area contributed by atoms with Crippen molar-refractivity contribution in [3.63, 3.8) is 0 Å². The van der Waals surface area contributed by atoms with E-state index < -0.39 is 5.91 Å². The summed E-state index contributed by atoms with van der Waals surface area (Å²) in [6, 6.07) is 17.0. The van der Waals surface area contributed by atoms with E-state index in [0.29, 0.717) is 16.3 Å². The fourth-order valence-corrected chi connectivity index (χ4v) is 2.97. The van der Waals surface area contributed by atoms with Gasteiger partial charge in [-0.3, -0.25) is 9.59 Å². The van der Waals surface area contributed by atoms with Crippen LogP contribution in [-0.2, 0) is 0 Å². The van der Waals surface area contributed by atoms with Gasteiger partial charge in [-0.2, -0.15) is 5.10 Å². The van der Waals surface area contributed by atoms with E-state index in [1.54, 1.807) is 43.3 Å². The third kappa shape index (κ3) is 4.59. The van der Waals surface area contributed by atoms with Gasteiger partial charge in [0.25, 0.3) is 11.8 Å². The van der Waals surface area contributed by atoms with E-state index in [1.807, 2.05) is 17.5 Å². The molecule has 0 fully saturated rings. The molecule has 27 heavy (non-hydrogen) atoms. The van der Waals surface area contributed by atoms with Crippen LogP contribution in [0.1, 0.15) is 32.5 Å². The standard InChI is InChI=1S/C20H17N3O3S/c1-13(22-23-19(25)16-8-2-3-9-17(16)24)14-6-4-7-15(12-14)21-20(26)18-10-5-11-27-18/h2-12,24H,1H3,(H,21,26)(H,23,25). The Bertz CT molecular complexity index is 997. The van der Waals surface area contributed by atoms with Crippen molar-refractivity contribution in [2.45, 2.75) is 6.92 Å². The molecule has 7 heteroatoms. The monoisotopic (exact) mass is 379 g/mol. The molecule has 1 heterocycles. The number of rotatable bonds is 5. The maximum atomic E-state index is 12.1. The van der Waals surface area contributed by atoms with E-state index >= 15 is 0 Å². The van der Waals surface area contributed by atoms with Crippen molar-refractivity contribution in [1.82, 2.24) is 5.43 Å². The number of nitrogens with zero attached hydrogens (tertiary/aromatic N) is 1. The molecule has 0 spiro atoms. The first-order valence-corrected chi connectivity index (χ1v) is 9.00. The summed E-state index contributed by atoms with van der Waals surface area (Å²) >= 11 is 1.37. The molecule has 3 aromatic rings. The van der Waals surface area contributed by atoms with Crippen LogP contribution in [0.15, 0.2) is 71.1 Å². The van der Waals surface area contributed by atoms with Crippen LogP contribution in [0.2, 0.25) is 0 Å². The highest BCUT2D eigenvalue weighted by atomic mass is 32.1. The van der Waals surface area contributed by atoms with Gasteiger partial charge in [-0.15, -0.1) is 11.3 Å². The Morgan fingerprint density at radius 3 is 2.56 bits per heavy atom. The van der Waals surface area contributed by atoms with Crippen molar-refractivity contribution in [2.75, 3.05) is 5.32 Å². The Kier molecular flexibility index (Phi) is 5.63. The number of phenolic OH excluding ortho intramolecular Hbond substituents is 1. The summed E-state index contributed by atoms with van der Waals surface area (Å²) in [4.78, 5) is 24.9. The number of nitrogens with one attached hydrogen (secondary N) is 2. The number of aromatic hydroxyl groups is 1. The summed E-state index contributed by atoms with van der Waals surface area (Å²) in [5, 5.41) is 18.5. The Morgan fingerprint density at radius 1 is 1.00 bits per heavy atom. The van der Waals surface area contributed by atoms with Gasteiger partial charge in [0, 0.05) is 5.69 Å². The molecule has 2 amide bonds. The molecule has 0 unspecified atom stereocenters. The van der Waals surface area contributed by atoms with Crippen LogP contribution in [0.4, 0.5) is 5.69 Å². The highest BCUT2D eigenvalue weighted by molar-refractivity contribution is 7.12. The predicted octanol–water partition coefficient (Wildman–Crippen LogP) is 3.86. The molecule has 0 radical (unpaired) electrons. The molecule has 136 valence electrons. The predicted molar refractivity (Wildman–Crippen MR) is 106 cm³/mol. The Hall–Kier alpha value is -3.45. The Balaban J connectivity index is 1.70. The van der Waals surface area contributed by atoms with Crippen molar-refractivity contribution in [2.24, 2.45) is 5.10 Å². The number of anilines is 1. The molecular weight excluding hydrogens is 362 g/mol. The lowest BCUT2D eigenvalue weighted by Gasteiger charge is -2.07. The number of carbonyl (C=O) groups is 2. The fraction of sp³-hybridized carbons (Fsp3) is 0.0500. The quantitative estimate of drug-likeness (QED) is 0.464. The first kappa shape index (κ1) is 18.3. The number of benzene rings is 2. The van der Waals surface area contributed by atoms with Gasteiger partial charge in [-0.1, -0.05) is 30.3 Å². The third-order valence-corrected chi connectivity index (χ3v) is 4.63. The molecule has 0 aliphatic heterocycles. The lowest BCUT2D eigenvalue weighted by Crippen LogP contribution is -2.19. The average Bonchev–Trinajstić information content (AvgIpc) is 3.21. The summed E-state index contributed by atoms with van der Waals surface area (Å²) in [5.41, 5.74) is 4.51. The van der Waals surface area contributed by atoms with Gasteiger partial charge in [-0.25, -0.2) is 5.43 Å². The zero-order valence-corrected chi connectivity index (χ0v) is 15.3. The van der Waals surface area contributed by atoms with Crippen LogP contribution in [0, 0.1) is 0 Å². The molecule has 0 atom stereocenters. The summed E-state index contributed by atoms with van der Waals surface area (Å²) in [6.45, 7) is 1.74. The lowest BCUT2D eigenvalue weighted by atomic mass is 10.1. The first-order valence-electron chi connectivity index (χ1n) is 8.12. The zero-order valence-electron chi connectivity index (χ0n) is 14.5. The van der Waals surface area contributed by atoms with E-state index in [-0.39, 0.29) is 17.2 Å². The van der Waals surface area contributed by atoms with Gasteiger partial charge in [-0.05, 0) is 48.2 Å². The molecule has 0 saturated carbocycles. The van der Waals surface area contributed by atoms with Crippen LogP contribution < -0.4 is 10.7 Å². The SMILES string of the molecule is CC(=NNC(=O)c1ccccc1O)c1cccc(NC(=O)c2cccs2)c1. The average molecular weight is 379 g/mol. The van der Waals surface area contributed by atoms with E-state index in [9.17, 15) is 14.7 Å². The largest absolute Gasteiger partial charge is 0.507 e. The maximum absolute atomic E-state index is 12.1. The highest BCUT2D eigenvalue weighted by Crippen LogP contribution is 2.16. The molecule has 6 nitrogen and oxygen atoms in total. The second-order valence-corrected chi connectivity index (χ2v) is 6.62. The van der Waals surface area contributed by atoms with Crippen LogP contribution >= 0.6 is 11.3 Å². The Labute approximate surface area is 160 Å². The van der Waals surface area contributed by atoms with Crippen molar-refractivity contribution in [1.29, 1.82) is 0 Å². The van der Waals surface area contributed by atoms with Crippen LogP contribution in [0.25, 0.3) is 0 Å². The smallest absolute Gasteiger partial charge is 0.275 e. The van der Waals surface area contributed by atoms with Crippen LogP contribution in [-0.4, -0.2) is 22.6 Å². The summed E-state index contributed by atoms with van der Waals surface area (Å²) in [6.07, 6.45) is 0. The highest BCUT2D eigenvalue weighted by Gasteiger charge is 2.10. The first-order chi connectivity index (χ1) is 13.0. The number of amides is 2.